The molecule has 1 unspecified atom stereocenters. The molecule has 1 nitrogen and oxygen atoms in total. The average Bonchev–Trinajstić information content (AvgIpc) is 2.11. The summed E-state index contributed by atoms with van der Waals surface area (Å²) in [6.45, 7) is 5.62. The third kappa shape index (κ3) is 5.75. The van der Waals surface area contributed by atoms with Crippen molar-refractivity contribution in [3.05, 3.63) is 23.0 Å². The molecule has 0 radical (unpaired) electrons. The molecule has 1 N–H and O–H groups in total. The Bertz CT molecular complexity index is 155. The van der Waals surface area contributed by atoms with Crippen LogP contribution in [-0.2, 0) is 0 Å². The predicted molar refractivity (Wildman–Crippen MR) is 60.6 cm³/mol. The molecule has 70 valence electrons. The van der Waals surface area contributed by atoms with Gasteiger partial charge in [0.25, 0.3) is 0 Å². The van der Waals surface area contributed by atoms with Crippen LogP contribution in [0.5, 0.6) is 0 Å². The van der Waals surface area contributed by atoms with Crippen molar-refractivity contribution < 1.29 is 5.11 Å². The average molecular weight is 204 g/mol. The maximum atomic E-state index is 9.33. The van der Waals surface area contributed by atoms with Gasteiger partial charge in [-0.3, -0.25) is 0 Å². The van der Waals surface area contributed by atoms with Crippen molar-refractivity contribution >= 4 is 23.5 Å². The molecular formula is C9H16OS2. The van der Waals surface area contributed by atoms with Crippen molar-refractivity contribution in [3.8, 4) is 0 Å². The highest BCUT2D eigenvalue weighted by Gasteiger charge is 1.99. The van der Waals surface area contributed by atoms with Crippen LogP contribution in [0.4, 0.5) is 0 Å². The highest BCUT2D eigenvalue weighted by atomic mass is 32.2. The zero-order chi connectivity index (χ0) is 9.40. The summed E-state index contributed by atoms with van der Waals surface area (Å²) in [5.41, 5.74) is 0. The molecule has 0 bridgehead atoms. The SMILES string of the molecule is C=CCS/C(=C/C(O)CC)SC. The van der Waals surface area contributed by atoms with Gasteiger partial charge in [-0.1, -0.05) is 13.0 Å². The lowest BCUT2D eigenvalue weighted by atomic mass is 10.3. The van der Waals surface area contributed by atoms with E-state index in [1.165, 1.54) is 4.24 Å². The molecule has 1 atom stereocenters. The summed E-state index contributed by atoms with van der Waals surface area (Å²) >= 11 is 3.38. The van der Waals surface area contributed by atoms with Crippen LogP contribution in [0.25, 0.3) is 0 Å². The number of aliphatic hydroxyl groups excluding tert-OH is 1. The molecule has 0 saturated carbocycles. The van der Waals surface area contributed by atoms with Gasteiger partial charge < -0.3 is 5.11 Å². The van der Waals surface area contributed by atoms with Gasteiger partial charge in [0.05, 0.1) is 6.10 Å². The van der Waals surface area contributed by atoms with Gasteiger partial charge in [0.2, 0.25) is 0 Å². The fourth-order valence-electron chi connectivity index (χ4n) is 0.591. The molecular weight excluding hydrogens is 188 g/mol. The first-order chi connectivity index (χ1) is 5.74. The third-order valence-electron chi connectivity index (χ3n) is 1.29. The summed E-state index contributed by atoms with van der Waals surface area (Å²) in [7, 11) is 0. The minimum absolute atomic E-state index is 0.301. The number of thioether (sulfide) groups is 2. The van der Waals surface area contributed by atoms with E-state index in [2.05, 4.69) is 6.58 Å². The molecule has 3 heteroatoms. The first-order valence-corrected chi connectivity index (χ1v) is 6.13. The summed E-state index contributed by atoms with van der Waals surface area (Å²) in [5.74, 6) is 0.906. The molecule has 0 aliphatic carbocycles. The maximum absolute atomic E-state index is 9.33. The van der Waals surface area contributed by atoms with Crippen LogP contribution in [-0.4, -0.2) is 23.2 Å². The molecule has 0 aliphatic heterocycles. The monoisotopic (exact) mass is 204 g/mol. The van der Waals surface area contributed by atoms with Gasteiger partial charge in [-0.25, -0.2) is 0 Å². The molecule has 12 heavy (non-hydrogen) atoms. The second kappa shape index (κ2) is 7.77. The molecule has 0 heterocycles. The molecule has 0 aromatic rings. The third-order valence-corrected chi connectivity index (χ3v) is 3.51. The molecule has 0 aromatic heterocycles. The van der Waals surface area contributed by atoms with Gasteiger partial charge in [-0.2, -0.15) is 0 Å². The summed E-state index contributed by atoms with van der Waals surface area (Å²) in [4.78, 5) is 0. The largest absolute Gasteiger partial charge is 0.389 e. The highest BCUT2D eigenvalue weighted by Crippen LogP contribution is 2.26. The van der Waals surface area contributed by atoms with Crippen molar-refractivity contribution in [2.75, 3.05) is 12.0 Å². The topological polar surface area (TPSA) is 20.2 Å². The molecule has 0 spiro atoms. The van der Waals surface area contributed by atoms with Gasteiger partial charge in [0.1, 0.15) is 0 Å². The summed E-state index contributed by atoms with van der Waals surface area (Å²) in [6.07, 6.45) is 6.26. The first kappa shape index (κ1) is 12.1. The quantitative estimate of drug-likeness (QED) is 0.672. The Balaban J connectivity index is 3.93. The Morgan fingerprint density at radius 2 is 2.33 bits per heavy atom. The fourth-order valence-corrected chi connectivity index (χ4v) is 2.10. The van der Waals surface area contributed by atoms with Gasteiger partial charge in [-0.15, -0.1) is 30.1 Å². The van der Waals surface area contributed by atoms with E-state index in [0.29, 0.717) is 0 Å². The van der Waals surface area contributed by atoms with E-state index in [1.807, 2.05) is 25.3 Å². The van der Waals surface area contributed by atoms with E-state index < -0.39 is 0 Å². The van der Waals surface area contributed by atoms with Gasteiger partial charge in [0.15, 0.2) is 0 Å². The highest BCUT2D eigenvalue weighted by molar-refractivity contribution is 8.22. The Kier molecular flexibility index (Phi) is 7.86. The minimum atomic E-state index is -0.301. The van der Waals surface area contributed by atoms with Crippen LogP contribution in [0.15, 0.2) is 23.0 Å². The lowest BCUT2D eigenvalue weighted by molar-refractivity contribution is 0.219. The second-order valence-corrected chi connectivity index (χ2v) is 4.43. The van der Waals surface area contributed by atoms with Gasteiger partial charge >= 0.3 is 0 Å². The maximum Gasteiger partial charge on any atom is 0.0737 e. The van der Waals surface area contributed by atoms with Crippen LogP contribution in [0.2, 0.25) is 0 Å². The lowest BCUT2D eigenvalue weighted by Crippen LogP contribution is -1.99. The van der Waals surface area contributed by atoms with Crippen molar-refractivity contribution in [2.45, 2.75) is 19.4 Å². The van der Waals surface area contributed by atoms with Crippen molar-refractivity contribution in [3.63, 3.8) is 0 Å². The lowest BCUT2D eigenvalue weighted by Gasteiger charge is -2.05. The minimum Gasteiger partial charge on any atom is -0.389 e. The van der Waals surface area contributed by atoms with Crippen LogP contribution < -0.4 is 0 Å². The van der Waals surface area contributed by atoms with Crippen molar-refractivity contribution in [2.24, 2.45) is 0 Å². The smallest absolute Gasteiger partial charge is 0.0737 e. The van der Waals surface area contributed by atoms with E-state index in [1.54, 1.807) is 23.5 Å². The number of rotatable bonds is 6. The summed E-state index contributed by atoms with van der Waals surface area (Å²) in [5, 5.41) is 9.33. The molecule has 0 rings (SSSR count). The Morgan fingerprint density at radius 1 is 1.67 bits per heavy atom. The number of hydrogen-bond acceptors (Lipinski definition) is 3. The van der Waals surface area contributed by atoms with E-state index in [4.69, 9.17) is 0 Å². The van der Waals surface area contributed by atoms with Crippen LogP contribution >= 0.6 is 23.5 Å². The van der Waals surface area contributed by atoms with E-state index in [9.17, 15) is 5.11 Å². The number of hydrogen-bond donors (Lipinski definition) is 1. The van der Waals surface area contributed by atoms with Crippen molar-refractivity contribution in [1.82, 2.24) is 0 Å². The molecule has 0 amide bonds. The van der Waals surface area contributed by atoms with E-state index in [0.717, 1.165) is 12.2 Å². The molecule has 0 saturated heterocycles. The zero-order valence-electron chi connectivity index (χ0n) is 7.62. The van der Waals surface area contributed by atoms with E-state index in [-0.39, 0.29) is 6.10 Å². The van der Waals surface area contributed by atoms with Crippen LogP contribution in [0, 0.1) is 0 Å². The first-order valence-electron chi connectivity index (χ1n) is 3.92. The Morgan fingerprint density at radius 3 is 2.75 bits per heavy atom. The summed E-state index contributed by atoms with van der Waals surface area (Å²) in [6, 6.07) is 0. The Hall–Kier alpha value is 0.140. The van der Waals surface area contributed by atoms with Crippen LogP contribution in [0.3, 0.4) is 0 Å². The molecule has 0 aliphatic rings. The standard InChI is InChI=1S/C9H16OS2/c1-4-6-12-9(11-3)7-8(10)5-2/h4,7-8,10H,1,5-6H2,2-3H3/b9-7+. The normalized spacial score (nSPS) is 14.4. The van der Waals surface area contributed by atoms with Crippen LogP contribution in [0.1, 0.15) is 13.3 Å². The number of aliphatic hydroxyl groups is 1. The predicted octanol–water partition coefficient (Wildman–Crippen LogP) is 2.88. The van der Waals surface area contributed by atoms with Gasteiger partial charge in [-0.05, 0) is 18.8 Å². The van der Waals surface area contributed by atoms with Gasteiger partial charge in [0, 0.05) is 9.99 Å². The zero-order valence-corrected chi connectivity index (χ0v) is 9.25. The summed E-state index contributed by atoms with van der Waals surface area (Å²) < 4.78 is 1.17. The second-order valence-electron chi connectivity index (χ2n) is 2.27. The molecule has 0 aromatic carbocycles. The van der Waals surface area contributed by atoms with Crippen molar-refractivity contribution in [1.29, 1.82) is 0 Å². The fraction of sp³-hybridized carbons (Fsp3) is 0.556. The van der Waals surface area contributed by atoms with E-state index >= 15 is 0 Å². The Labute approximate surface area is 83.3 Å². The molecule has 0 fully saturated rings.